The van der Waals surface area contributed by atoms with Gasteiger partial charge in [0.2, 0.25) is 0 Å². The van der Waals surface area contributed by atoms with E-state index in [1.54, 1.807) is 47.6 Å². The third kappa shape index (κ3) is 3.35. The zero-order chi connectivity index (χ0) is 18.8. The first-order chi connectivity index (χ1) is 13.1. The van der Waals surface area contributed by atoms with E-state index in [1.807, 2.05) is 43.3 Å². The van der Waals surface area contributed by atoms with Gasteiger partial charge in [0.05, 0.1) is 5.69 Å². The second-order valence-electron chi connectivity index (χ2n) is 6.27. The Morgan fingerprint density at radius 1 is 0.926 bits per heavy atom. The minimum absolute atomic E-state index is 0.145. The summed E-state index contributed by atoms with van der Waals surface area (Å²) in [6, 6.07) is 18.0. The first-order valence-corrected chi connectivity index (χ1v) is 8.53. The number of aromatic nitrogens is 1. The molecule has 1 aliphatic heterocycles. The van der Waals surface area contributed by atoms with Crippen molar-refractivity contribution in [2.75, 3.05) is 4.90 Å². The number of hydrogen-bond acceptors (Lipinski definition) is 4. The van der Waals surface area contributed by atoms with Gasteiger partial charge >= 0.3 is 0 Å². The number of carbonyl (C=O) groups excluding carboxylic acids is 1. The van der Waals surface area contributed by atoms with Gasteiger partial charge in [0.25, 0.3) is 5.91 Å². The van der Waals surface area contributed by atoms with Crippen LogP contribution in [0, 0.1) is 6.92 Å². The van der Waals surface area contributed by atoms with E-state index in [9.17, 15) is 9.90 Å². The molecule has 0 fully saturated rings. The molecule has 0 saturated heterocycles. The number of pyridine rings is 1. The smallest absolute Gasteiger partial charge is 0.282 e. The Balaban J connectivity index is 1.82. The summed E-state index contributed by atoms with van der Waals surface area (Å²) in [5, 5.41) is 9.57. The van der Waals surface area contributed by atoms with E-state index in [2.05, 4.69) is 9.98 Å². The molecule has 0 atom stereocenters. The lowest BCUT2D eigenvalue weighted by Crippen LogP contribution is -2.32. The highest BCUT2D eigenvalue weighted by atomic mass is 16.3. The number of aliphatic imine (C=N–C) groups is 1. The number of phenols is 1. The average Bonchev–Trinajstić information content (AvgIpc) is 3.00. The number of rotatable bonds is 3. The number of amides is 1. The Morgan fingerprint density at radius 2 is 1.59 bits per heavy atom. The molecule has 5 nitrogen and oxygen atoms in total. The predicted molar refractivity (Wildman–Crippen MR) is 106 cm³/mol. The Hall–Kier alpha value is -3.73. The number of aryl methyl sites for hydroxylation is 1. The van der Waals surface area contributed by atoms with Gasteiger partial charge < -0.3 is 5.11 Å². The molecule has 2 aromatic carbocycles. The van der Waals surface area contributed by atoms with Crippen LogP contribution in [0.4, 0.5) is 5.69 Å². The lowest BCUT2D eigenvalue weighted by molar-refractivity contribution is -0.113. The number of anilines is 1. The molecular formula is C22H17N3O2. The fourth-order valence-corrected chi connectivity index (χ4v) is 2.87. The number of phenolic OH excluding ortho intramolecular Hbond substituents is 1. The molecule has 2 heterocycles. The zero-order valence-corrected chi connectivity index (χ0v) is 14.7. The first-order valence-electron chi connectivity index (χ1n) is 8.53. The Morgan fingerprint density at radius 3 is 2.26 bits per heavy atom. The topological polar surface area (TPSA) is 65.8 Å². The molecule has 1 amide bonds. The highest BCUT2D eigenvalue weighted by molar-refractivity contribution is 6.33. The van der Waals surface area contributed by atoms with Crippen LogP contribution < -0.4 is 4.90 Å². The number of nitrogens with zero attached hydrogens (tertiary/aromatic N) is 3. The first kappa shape index (κ1) is 16.7. The van der Waals surface area contributed by atoms with Gasteiger partial charge in [-0.2, -0.15) is 0 Å². The standard InChI is InChI=1S/C22H17N3O2/c1-15-2-4-17(5-3-15)21-24-20(14-16-10-12-23-13-11-16)22(27)25(21)18-6-8-19(26)9-7-18/h2-14,26H,1H3/b20-14+. The molecular weight excluding hydrogens is 338 g/mol. The lowest BCUT2D eigenvalue weighted by Gasteiger charge is -2.18. The van der Waals surface area contributed by atoms with Gasteiger partial charge in [0, 0.05) is 18.0 Å². The van der Waals surface area contributed by atoms with Crippen molar-refractivity contribution < 1.29 is 9.90 Å². The van der Waals surface area contributed by atoms with Crippen molar-refractivity contribution in [2.24, 2.45) is 4.99 Å². The minimum atomic E-state index is -0.215. The van der Waals surface area contributed by atoms with Gasteiger partial charge in [-0.05, 0) is 55.0 Å². The third-order valence-electron chi connectivity index (χ3n) is 4.29. The highest BCUT2D eigenvalue weighted by Crippen LogP contribution is 2.29. The van der Waals surface area contributed by atoms with E-state index in [4.69, 9.17) is 0 Å². The lowest BCUT2D eigenvalue weighted by atomic mass is 10.1. The van der Waals surface area contributed by atoms with Crippen molar-refractivity contribution in [1.82, 2.24) is 4.98 Å². The second-order valence-corrected chi connectivity index (χ2v) is 6.27. The van der Waals surface area contributed by atoms with Gasteiger partial charge in [0.1, 0.15) is 17.3 Å². The maximum absolute atomic E-state index is 13.1. The normalized spacial score (nSPS) is 15.3. The summed E-state index contributed by atoms with van der Waals surface area (Å²) in [4.78, 5) is 23.3. The fourth-order valence-electron chi connectivity index (χ4n) is 2.87. The van der Waals surface area contributed by atoms with Crippen LogP contribution in [0.1, 0.15) is 16.7 Å². The fraction of sp³-hybridized carbons (Fsp3) is 0.0455. The molecule has 132 valence electrons. The Labute approximate surface area is 157 Å². The quantitative estimate of drug-likeness (QED) is 0.724. The molecule has 0 saturated carbocycles. The van der Waals surface area contributed by atoms with Gasteiger partial charge in [0.15, 0.2) is 0 Å². The van der Waals surface area contributed by atoms with Crippen molar-refractivity contribution >= 4 is 23.5 Å². The van der Waals surface area contributed by atoms with Crippen LogP contribution in [0.3, 0.4) is 0 Å². The summed E-state index contributed by atoms with van der Waals surface area (Å²) >= 11 is 0. The molecule has 5 heteroatoms. The number of benzene rings is 2. The van der Waals surface area contributed by atoms with Gasteiger partial charge in [-0.15, -0.1) is 0 Å². The van der Waals surface area contributed by atoms with Crippen LogP contribution in [0.15, 0.2) is 83.7 Å². The highest BCUT2D eigenvalue weighted by Gasteiger charge is 2.32. The number of aromatic hydroxyl groups is 1. The number of amidine groups is 1. The molecule has 27 heavy (non-hydrogen) atoms. The van der Waals surface area contributed by atoms with E-state index in [-0.39, 0.29) is 11.7 Å². The molecule has 1 N–H and O–H groups in total. The predicted octanol–water partition coefficient (Wildman–Crippen LogP) is 3.93. The van der Waals surface area contributed by atoms with Crippen molar-refractivity contribution in [3.05, 3.63) is 95.4 Å². The second kappa shape index (κ2) is 6.88. The van der Waals surface area contributed by atoms with Gasteiger partial charge in [-0.25, -0.2) is 4.99 Å². The SMILES string of the molecule is Cc1ccc(C2=N/C(=C/c3ccncc3)C(=O)N2c2ccc(O)cc2)cc1. The molecule has 0 bridgehead atoms. The molecule has 3 aromatic rings. The van der Waals surface area contributed by atoms with Gasteiger partial charge in [-0.1, -0.05) is 29.8 Å². The summed E-state index contributed by atoms with van der Waals surface area (Å²) < 4.78 is 0. The molecule has 0 spiro atoms. The number of hydrogen-bond donors (Lipinski definition) is 1. The van der Waals surface area contributed by atoms with Crippen LogP contribution in [-0.4, -0.2) is 21.8 Å². The van der Waals surface area contributed by atoms with Crippen LogP contribution >= 0.6 is 0 Å². The van der Waals surface area contributed by atoms with E-state index < -0.39 is 0 Å². The maximum atomic E-state index is 13.1. The van der Waals surface area contributed by atoms with Crippen LogP contribution in [0.5, 0.6) is 5.75 Å². The van der Waals surface area contributed by atoms with Crippen LogP contribution in [0.2, 0.25) is 0 Å². The zero-order valence-electron chi connectivity index (χ0n) is 14.7. The van der Waals surface area contributed by atoms with E-state index in [1.165, 1.54) is 0 Å². The van der Waals surface area contributed by atoms with Crippen LogP contribution in [-0.2, 0) is 4.79 Å². The van der Waals surface area contributed by atoms with Crippen molar-refractivity contribution in [3.8, 4) is 5.75 Å². The molecule has 0 unspecified atom stereocenters. The molecule has 0 radical (unpaired) electrons. The summed E-state index contributed by atoms with van der Waals surface area (Å²) in [5.74, 6) is 0.492. The Bertz CT molecular complexity index is 1040. The largest absolute Gasteiger partial charge is 0.508 e. The van der Waals surface area contributed by atoms with E-state index >= 15 is 0 Å². The summed E-state index contributed by atoms with van der Waals surface area (Å²) in [6.07, 6.45) is 5.10. The Kier molecular flexibility index (Phi) is 4.26. The minimum Gasteiger partial charge on any atom is -0.508 e. The molecule has 1 aliphatic rings. The summed E-state index contributed by atoms with van der Waals surface area (Å²) in [6.45, 7) is 2.01. The summed E-state index contributed by atoms with van der Waals surface area (Å²) in [7, 11) is 0. The average molecular weight is 355 g/mol. The van der Waals surface area contributed by atoms with Crippen molar-refractivity contribution in [3.63, 3.8) is 0 Å². The monoisotopic (exact) mass is 355 g/mol. The van der Waals surface area contributed by atoms with E-state index in [0.29, 0.717) is 17.2 Å². The molecule has 1 aromatic heterocycles. The van der Waals surface area contributed by atoms with Crippen molar-refractivity contribution in [2.45, 2.75) is 6.92 Å². The van der Waals surface area contributed by atoms with Crippen LogP contribution in [0.25, 0.3) is 6.08 Å². The third-order valence-corrected chi connectivity index (χ3v) is 4.29. The molecule has 0 aliphatic carbocycles. The van der Waals surface area contributed by atoms with Gasteiger partial charge in [-0.3, -0.25) is 14.7 Å². The summed E-state index contributed by atoms with van der Waals surface area (Å²) in [5.41, 5.74) is 3.83. The van der Waals surface area contributed by atoms with Crippen molar-refractivity contribution in [1.29, 1.82) is 0 Å². The number of carbonyl (C=O) groups is 1. The molecule has 4 rings (SSSR count). The van der Waals surface area contributed by atoms with E-state index in [0.717, 1.165) is 16.7 Å². The maximum Gasteiger partial charge on any atom is 0.282 e.